The minimum absolute atomic E-state index is 0.0425. The summed E-state index contributed by atoms with van der Waals surface area (Å²) in [4.78, 5) is 9.60. The van der Waals surface area contributed by atoms with Crippen molar-refractivity contribution in [2.24, 2.45) is 0 Å². The molecule has 0 unspecified atom stereocenters. The Morgan fingerprint density at radius 3 is 1.25 bits per heavy atom. The highest BCUT2D eigenvalue weighted by Gasteiger charge is 2.23. The van der Waals surface area contributed by atoms with Crippen LogP contribution in [0.25, 0.3) is 55.2 Å². The van der Waals surface area contributed by atoms with E-state index < -0.39 is 0 Å². The Morgan fingerprint density at radius 2 is 0.875 bits per heavy atom. The summed E-state index contributed by atoms with van der Waals surface area (Å²) >= 11 is 0. The van der Waals surface area contributed by atoms with Crippen LogP contribution in [0.15, 0.2) is 97.3 Å². The Labute approximate surface area is 234 Å². The zero-order valence-corrected chi connectivity index (χ0v) is 24.0. The van der Waals surface area contributed by atoms with Crippen molar-refractivity contribution in [1.82, 2.24) is 19.1 Å². The predicted molar refractivity (Wildman–Crippen MR) is 168 cm³/mol. The van der Waals surface area contributed by atoms with Gasteiger partial charge in [-0.2, -0.15) is 0 Å². The first-order chi connectivity index (χ1) is 19.1. The summed E-state index contributed by atoms with van der Waals surface area (Å²) in [6.45, 7) is 13.6. The van der Waals surface area contributed by atoms with E-state index in [0.29, 0.717) is 0 Å². The molecule has 0 aliphatic rings. The standard InChI is InChI=1S/C36H34N4/c1-35(2,3)23-13-15-25-27-21-28-26-16-14-24(36(4,5)6)20-30(26)40(34-12-8-10-18-38-34)32(28)22-31(27)39(29(25)19-23)33-11-7-9-17-37-33/h7-22H,1-6H3. The first-order valence-corrected chi connectivity index (χ1v) is 14.0. The zero-order chi connectivity index (χ0) is 27.8. The van der Waals surface area contributed by atoms with Crippen LogP contribution in [0.5, 0.6) is 0 Å². The van der Waals surface area contributed by atoms with Gasteiger partial charge >= 0.3 is 0 Å². The molecule has 4 heterocycles. The maximum Gasteiger partial charge on any atom is 0.137 e. The molecular weight excluding hydrogens is 488 g/mol. The third-order valence-electron chi connectivity index (χ3n) is 8.14. The van der Waals surface area contributed by atoms with Crippen molar-refractivity contribution in [3.63, 3.8) is 0 Å². The summed E-state index contributed by atoms with van der Waals surface area (Å²) < 4.78 is 4.64. The Bertz CT molecular complexity index is 1900. The molecule has 4 aromatic heterocycles. The van der Waals surface area contributed by atoms with Gasteiger partial charge in [-0.1, -0.05) is 77.9 Å². The fourth-order valence-corrected chi connectivity index (χ4v) is 5.93. The molecule has 0 saturated heterocycles. The lowest BCUT2D eigenvalue weighted by atomic mass is 9.86. The second-order valence-electron chi connectivity index (χ2n) is 12.9. The second kappa shape index (κ2) is 8.53. The van der Waals surface area contributed by atoms with E-state index in [0.717, 1.165) is 22.7 Å². The molecular formula is C36H34N4. The lowest BCUT2D eigenvalue weighted by Crippen LogP contribution is -2.11. The normalized spacial score (nSPS) is 12.8. The molecule has 4 heteroatoms. The molecule has 0 aliphatic carbocycles. The monoisotopic (exact) mass is 522 g/mol. The van der Waals surface area contributed by atoms with Gasteiger partial charge in [-0.05, 0) is 70.5 Å². The predicted octanol–water partition coefficient (Wildman–Crippen LogP) is 9.27. The largest absolute Gasteiger partial charge is 0.294 e. The van der Waals surface area contributed by atoms with Crippen LogP contribution in [0, 0.1) is 0 Å². The van der Waals surface area contributed by atoms with Crippen molar-refractivity contribution < 1.29 is 0 Å². The van der Waals surface area contributed by atoms with E-state index >= 15 is 0 Å². The van der Waals surface area contributed by atoms with Crippen molar-refractivity contribution in [3.8, 4) is 11.6 Å². The maximum absolute atomic E-state index is 4.80. The van der Waals surface area contributed by atoms with Crippen molar-refractivity contribution in [2.45, 2.75) is 52.4 Å². The Hall–Kier alpha value is -4.44. The van der Waals surface area contributed by atoms with Gasteiger partial charge in [0.2, 0.25) is 0 Å². The summed E-state index contributed by atoms with van der Waals surface area (Å²) in [6.07, 6.45) is 3.75. The van der Waals surface area contributed by atoms with Crippen LogP contribution in [0.4, 0.5) is 0 Å². The van der Waals surface area contributed by atoms with E-state index in [1.54, 1.807) is 0 Å². The van der Waals surface area contributed by atoms with E-state index in [2.05, 4.69) is 123 Å². The zero-order valence-electron chi connectivity index (χ0n) is 24.0. The van der Waals surface area contributed by atoms with Crippen LogP contribution >= 0.6 is 0 Å². The van der Waals surface area contributed by atoms with Gasteiger partial charge in [0.25, 0.3) is 0 Å². The number of fused-ring (bicyclic) bond motifs is 6. The van der Waals surface area contributed by atoms with Gasteiger partial charge in [0, 0.05) is 33.9 Å². The molecule has 0 radical (unpaired) electrons. The molecule has 40 heavy (non-hydrogen) atoms. The van der Waals surface area contributed by atoms with Crippen molar-refractivity contribution in [3.05, 3.63) is 108 Å². The fraction of sp³-hybridized carbons (Fsp3) is 0.222. The summed E-state index contributed by atoms with van der Waals surface area (Å²) in [5.41, 5.74) is 7.34. The van der Waals surface area contributed by atoms with Gasteiger partial charge in [-0.15, -0.1) is 0 Å². The number of rotatable bonds is 2. The smallest absolute Gasteiger partial charge is 0.137 e. The average Bonchev–Trinajstić information content (AvgIpc) is 3.43. The quantitative estimate of drug-likeness (QED) is 0.227. The minimum atomic E-state index is 0.0425. The molecule has 7 rings (SSSR count). The minimum Gasteiger partial charge on any atom is -0.294 e. The lowest BCUT2D eigenvalue weighted by molar-refractivity contribution is 0.590. The molecule has 0 amide bonds. The molecule has 0 fully saturated rings. The van der Waals surface area contributed by atoms with Crippen molar-refractivity contribution in [1.29, 1.82) is 0 Å². The van der Waals surface area contributed by atoms with E-state index in [4.69, 9.17) is 9.97 Å². The highest BCUT2D eigenvalue weighted by Crippen LogP contribution is 2.41. The topological polar surface area (TPSA) is 35.6 Å². The van der Waals surface area contributed by atoms with Crippen LogP contribution in [0.2, 0.25) is 0 Å². The first kappa shape index (κ1) is 24.6. The Morgan fingerprint density at radius 1 is 0.450 bits per heavy atom. The number of hydrogen-bond donors (Lipinski definition) is 0. The second-order valence-corrected chi connectivity index (χ2v) is 12.9. The number of nitrogens with zero attached hydrogens (tertiary/aromatic N) is 4. The van der Waals surface area contributed by atoms with Gasteiger partial charge in [-0.25, -0.2) is 9.97 Å². The molecule has 0 atom stereocenters. The Kier molecular flexibility index (Phi) is 5.24. The fourth-order valence-electron chi connectivity index (χ4n) is 5.93. The van der Waals surface area contributed by atoms with Gasteiger partial charge in [0.1, 0.15) is 11.6 Å². The summed E-state index contributed by atoms with van der Waals surface area (Å²) in [7, 11) is 0. The van der Waals surface area contributed by atoms with Gasteiger partial charge < -0.3 is 0 Å². The molecule has 0 bridgehead atoms. The highest BCUT2D eigenvalue weighted by molar-refractivity contribution is 6.19. The average molecular weight is 523 g/mol. The molecule has 0 spiro atoms. The van der Waals surface area contributed by atoms with Crippen LogP contribution < -0.4 is 0 Å². The molecule has 0 aliphatic heterocycles. The molecule has 0 N–H and O–H groups in total. The first-order valence-electron chi connectivity index (χ1n) is 14.0. The SMILES string of the molecule is CC(C)(C)c1ccc2c3cc4c5ccc(C(C)(C)C)cc5n(-c5ccccn5)c4cc3n(-c3ccccn3)c2c1. The van der Waals surface area contributed by atoms with Gasteiger partial charge in [-0.3, -0.25) is 9.13 Å². The number of aromatic nitrogens is 4. The maximum atomic E-state index is 4.80. The van der Waals surface area contributed by atoms with Crippen LogP contribution in [-0.4, -0.2) is 19.1 Å². The molecule has 7 aromatic rings. The Balaban J connectivity index is 1.67. The lowest BCUT2D eigenvalue weighted by Gasteiger charge is -2.19. The van der Waals surface area contributed by atoms with E-state index in [-0.39, 0.29) is 10.8 Å². The third kappa shape index (κ3) is 3.74. The summed E-state index contributed by atoms with van der Waals surface area (Å²) in [5.74, 6) is 1.84. The van der Waals surface area contributed by atoms with Crippen molar-refractivity contribution in [2.75, 3.05) is 0 Å². The van der Waals surface area contributed by atoms with Crippen LogP contribution in [-0.2, 0) is 10.8 Å². The van der Waals surface area contributed by atoms with Crippen molar-refractivity contribution >= 4 is 43.6 Å². The van der Waals surface area contributed by atoms with Crippen LogP contribution in [0.3, 0.4) is 0 Å². The molecule has 0 saturated carbocycles. The summed E-state index contributed by atoms with van der Waals surface area (Å²) in [5, 5.41) is 4.93. The molecule has 3 aromatic carbocycles. The highest BCUT2D eigenvalue weighted by atomic mass is 15.1. The third-order valence-corrected chi connectivity index (χ3v) is 8.14. The van der Waals surface area contributed by atoms with E-state index in [9.17, 15) is 0 Å². The number of pyridine rings is 2. The van der Waals surface area contributed by atoms with Gasteiger partial charge in [0.15, 0.2) is 0 Å². The van der Waals surface area contributed by atoms with E-state index in [1.165, 1.54) is 43.7 Å². The van der Waals surface area contributed by atoms with Gasteiger partial charge in [0.05, 0.1) is 22.1 Å². The number of hydrogen-bond acceptors (Lipinski definition) is 2. The number of benzene rings is 3. The molecule has 198 valence electrons. The van der Waals surface area contributed by atoms with Crippen LogP contribution in [0.1, 0.15) is 52.7 Å². The summed E-state index contributed by atoms with van der Waals surface area (Å²) in [6, 6.07) is 30.8. The molecule has 4 nitrogen and oxygen atoms in total. The van der Waals surface area contributed by atoms with E-state index in [1.807, 2.05) is 24.5 Å².